The van der Waals surface area contributed by atoms with Crippen molar-refractivity contribution in [1.82, 2.24) is 19.5 Å². The van der Waals surface area contributed by atoms with E-state index >= 15 is 0 Å². The third-order valence-corrected chi connectivity index (χ3v) is 5.00. The molecule has 8 nitrogen and oxygen atoms in total. The summed E-state index contributed by atoms with van der Waals surface area (Å²) in [5, 5.41) is 13.0. The molecule has 2 saturated heterocycles. The molecular formula is C18H26N6O2. The van der Waals surface area contributed by atoms with Crippen molar-refractivity contribution in [2.75, 3.05) is 43.1 Å². The molecule has 2 aromatic rings. The van der Waals surface area contributed by atoms with Crippen LogP contribution < -0.4 is 10.2 Å². The van der Waals surface area contributed by atoms with E-state index in [0.717, 1.165) is 49.9 Å². The molecule has 4 heterocycles. The maximum atomic E-state index is 9.58. The molecule has 26 heavy (non-hydrogen) atoms. The van der Waals surface area contributed by atoms with Crippen LogP contribution in [0.3, 0.4) is 0 Å². The van der Waals surface area contributed by atoms with Crippen LogP contribution >= 0.6 is 0 Å². The Morgan fingerprint density at radius 3 is 2.96 bits per heavy atom. The summed E-state index contributed by atoms with van der Waals surface area (Å²) in [7, 11) is 0. The second-order valence-corrected chi connectivity index (χ2v) is 6.91. The first kappa shape index (κ1) is 17.2. The number of hydrogen-bond donors (Lipinski definition) is 2. The quantitative estimate of drug-likeness (QED) is 0.764. The highest BCUT2D eigenvalue weighted by Gasteiger charge is 2.28. The Hall–Kier alpha value is -2.19. The van der Waals surface area contributed by atoms with Gasteiger partial charge in [0.2, 0.25) is 5.95 Å². The average Bonchev–Trinajstić information content (AvgIpc) is 3.30. The minimum atomic E-state index is -0.276. The smallest absolute Gasteiger partial charge is 0.227 e. The SMILES string of the molecule is CCc1nccn1CCNc1cc(C2CCOC2)nc(N2CC(O)C2)n1. The molecule has 0 radical (unpaired) electrons. The number of hydrogen-bond acceptors (Lipinski definition) is 7. The van der Waals surface area contributed by atoms with Gasteiger partial charge in [-0.15, -0.1) is 0 Å². The lowest BCUT2D eigenvalue weighted by Gasteiger charge is -2.36. The van der Waals surface area contributed by atoms with E-state index in [1.54, 1.807) is 0 Å². The van der Waals surface area contributed by atoms with Crippen molar-refractivity contribution < 1.29 is 9.84 Å². The van der Waals surface area contributed by atoms with E-state index in [0.29, 0.717) is 31.6 Å². The van der Waals surface area contributed by atoms with Gasteiger partial charge in [0.1, 0.15) is 11.6 Å². The Kier molecular flexibility index (Phi) is 5.03. The van der Waals surface area contributed by atoms with Crippen molar-refractivity contribution in [3.05, 3.63) is 30.0 Å². The topological polar surface area (TPSA) is 88.3 Å². The molecular weight excluding hydrogens is 332 g/mol. The Labute approximate surface area is 153 Å². The van der Waals surface area contributed by atoms with E-state index < -0.39 is 0 Å². The normalized spacial score (nSPS) is 20.4. The Morgan fingerprint density at radius 2 is 2.23 bits per heavy atom. The summed E-state index contributed by atoms with van der Waals surface area (Å²) in [4.78, 5) is 15.7. The highest BCUT2D eigenvalue weighted by molar-refractivity contribution is 5.46. The van der Waals surface area contributed by atoms with Crippen molar-refractivity contribution in [2.24, 2.45) is 0 Å². The van der Waals surface area contributed by atoms with Crippen LogP contribution in [0.5, 0.6) is 0 Å². The molecule has 0 aromatic carbocycles. The minimum absolute atomic E-state index is 0.276. The van der Waals surface area contributed by atoms with Gasteiger partial charge < -0.3 is 24.6 Å². The lowest BCUT2D eigenvalue weighted by atomic mass is 10.0. The van der Waals surface area contributed by atoms with Crippen LogP contribution in [0, 0.1) is 0 Å². The third kappa shape index (κ3) is 3.66. The van der Waals surface area contributed by atoms with Gasteiger partial charge >= 0.3 is 0 Å². The van der Waals surface area contributed by atoms with Crippen molar-refractivity contribution in [3.8, 4) is 0 Å². The number of anilines is 2. The summed E-state index contributed by atoms with van der Waals surface area (Å²) < 4.78 is 7.68. The summed E-state index contributed by atoms with van der Waals surface area (Å²) >= 11 is 0. The van der Waals surface area contributed by atoms with Crippen LogP contribution in [0.1, 0.15) is 30.8 Å². The standard InChI is InChI=1S/C18H26N6O2/c1-2-17-20-5-7-23(17)6-4-19-16-9-15(13-3-8-26-12-13)21-18(22-16)24-10-14(25)11-24/h5,7,9,13-14,25H,2-4,6,8,10-12H2,1H3,(H,19,21,22). The van der Waals surface area contributed by atoms with Crippen molar-refractivity contribution >= 4 is 11.8 Å². The molecule has 140 valence electrons. The molecule has 2 N–H and O–H groups in total. The Bertz CT molecular complexity index is 737. The molecule has 1 unspecified atom stereocenters. The third-order valence-electron chi connectivity index (χ3n) is 5.00. The predicted octanol–water partition coefficient (Wildman–Crippen LogP) is 1.03. The number of imidazole rings is 1. The number of aliphatic hydroxyl groups excluding tert-OH is 1. The number of aromatic nitrogens is 4. The van der Waals surface area contributed by atoms with Gasteiger partial charge in [-0.3, -0.25) is 0 Å². The van der Waals surface area contributed by atoms with E-state index in [1.165, 1.54) is 0 Å². The van der Waals surface area contributed by atoms with Crippen LogP contribution in [-0.2, 0) is 17.7 Å². The van der Waals surface area contributed by atoms with Gasteiger partial charge in [0.25, 0.3) is 0 Å². The molecule has 4 rings (SSSR count). The summed E-state index contributed by atoms with van der Waals surface area (Å²) in [6.45, 7) is 6.41. The van der Waals surface area contributed by atoms with Gasteiger partial charge in [-0.25, -0.2) is 9.97 Å². The van der Waals surface area contributed by atoms with Gasteiger partial charge in [-0.05, 0) is 6.42 Å². The van der Waals surface area contributed by atoms with Crippen molar-refractivity contribution in [3.63, 3.8) is 0 Å². The van der Waals surface area contributed by atoms with Gasteiger partial charge in [0.15, 0.2) is 0 Å². The fraction of sp³-hybridized carbons (Fsp3) is 0.611. The van der Waals surface area contributed by atoms with Crippen LogP contribution in [0.25, 0.3) is 0 Å². The average molecular weight is 358 g/mol. The summed E-state index contributed by atoms with van der Waals surface area (Å²) in [6, 6.07) is 2.04. The molecule has 0 bridgehead atoms. The van der Waals surface area contributed by atoms with Crippen LogP contribution in [0.2, 0.25) is 0 Å². The zero-order chi connectivity index (χ0) is 17.9. The molecule has 8 heteroatoms. The number of rotatable bonds is 7. The first-order chi connectivity index (χ1) is 12.7. The van der Waals surface area contributed by atoms with E-state index in [-0.39, 0.29) is 6.10 Å². The van der Waals surface area contributed by atoms with E-state index in [4.69, 9.17) is 9.72 Å². The van der Waals surface area contributed by atoms with Crippen molar-refractivity contribution in [1.29, 1.82) is 0 Å². The Morgan fingerprint density at radius 1 is 1.35 bits per heavy atom. The number of aryl methyl sites for hydroxylation is 1. The monoisotopic (exact) mass is 358 g/mol. The van der Waals surface area contributed by atoms with Gasteiger partial charge in [0, 0.05) is 63.6 Å². The lowest BCUT2D eigenvalue weighted by molar-refractivity contribution is 0.140. The fourth-order valence-electron chi connectivity index (χ4n) is 3.44. The summed E-state index contributed by atoms with van der Waals surface area (Å²) in [5.41, 5.74) is 1.02. The minimum Gasteiger partial charge on any atom is -0.389 e. The second-order valence-electron chi connectivity index (χ2n) is 6.91. The number of nitrogens with zero attached hydrogens (tertiary/aromatic N) is 5. The highest BCUT2D eigenvalue weighted by Crippen LogP contribution is 2.28. The van der Waals surface area contributed by atoms with E-state index in [9.17, 15) is 5.11 Å². The molecule has 0 saturated carbocycles. The fourth-order valence-corrected chi connectivity index (χ4v) is 3.44. The summed E-state index contributed by atoms with van der Waals surface area (Å²) in [6.07, 6.45) is 5.49. The molecule has 1 atom stereocenters. The number of β-amino-alcohol motifs (C(OH)–C–C–N with tert-alkyl or cyclic N) is 1. The molecule has 0 aliphatic carbocycles. The van der Waals surface area contributed by atoms with E-state index in [1.807, 2.05) is 23.4 Å². The van der Waals surface area contributed by atoms with Gasteiger partial charge in [-0.1, -0.05) is 6.92 Å². The molecule has 2 aliphatic heterocycles. The predicted molar refractivity (Wildman–Crippen MR) is 98.5 cm³/mol. The van der Waals surface area contributed by atoms with Crippen LogP contribution in [0.4, 0.5) is 11.8 Å². The maximum Gasteiger partial charge on any atom is 0.227 e. The van der Waals surface area contributed by atoms with Crippen LogP contribution in [0.15, 0.2) is 18.5 Å². The largest absolute Gasteiger partial charge is 0.389 e. The first-order valence-electron chi connectivity index (χ1n) is 9.36. The van der Waals surface area contributed by atoms with Crippen molar-refractivity contribution in [2.45, 2.75) is 38.3 Å². The van der Waals surface area contributed by atoms with E-state index in [2.05, 4.69) is 26.8 Å². The molecule has 2 aliphatic rings. The maximum absolute atomic E-state index is 9.58. The summed E-state index contributed by atoms with van der Waals surface area (Å²) in [5.74, 6) is 2.94. The van der Waals surface area contributed by atoms with Gasteiger partial charge in [0.05, 0.1) is 18.4 Å². The molecule has 0 spiro atoms. The first-order valence-corrected chi connectivity index (χ1v) is 9.36. The van der Waals surface area contributed by atoms with Crippen LogP contribution in [-0.4, -0.2) is 63.6 Å². The highest BCUT2D eigenvalue weighted by atomic mass is 16.5. The Balaban J connectivity index is 1.46. The number of nitrogens with one attached hydrogen (secondary N) is 1. The van der Waals surface area contributed by atoms with Gasteiger partial charge in [-0.2, -0.15) is 4.98 Å². The number of ether oxygens (including phenoxy) is 1. The molecule has 2 aromatic heterocycles. The second kappa shape index (κ2) is 7.59. The zero-order valence-corrected chi connectivity index (χ0v) is 15.1. The molecule has 0 amide bonds. The molecule has 2 fully saturated rings. The lowest BCUT2D eigenvalue weighted by Crippen LogP contribution is -2.51. The number of aliphatic hydroxyl groups is 1. The zero-order valence-electron chi connectivity index (χ0n) is 15.1.